The minimum absolute atomic E-state index is 0.292. The SMILES string of the molecule is CN(C)C=NC(=O)CNC(=O)O. The van der Waals surface area contributed by atoms with Gasteiger partial charge in [-0.2, -0.15) is 0 Å². The fraction of sp³-hybridized carbons (Fsp3) is 0.500. The molecule has 0 aliphatic rings. The minimum Gasteiger partial charge on any atom is -0.465 e. The second-order valence-corrected chi connectivity index (χ2v) is 2.26. The number of carbonyl (C=O) groups is 2. The lowest BCUT2D eigenvalue weighted by Crippen LogP contribution is -2.27. The third-order valence-corrected chi connectivity index (χ3v) is 0.824. The molecule has 0 rings (SSSR count). The maximum Gasteiger partial charge on any atom is 0.405 e. The van der Waals surface area contributed by atoms with Gasteiger partial charge in [-0.1, -0.05) is 0 Å². The molecule has 0 radical (unpaired) electrons. The molecular weight excluding hydrogens is 162 g/mol. The van der Waals surface area contributed by atoms with Crippen molar-refractivity contribution >= 4 is 18.3 Å². The molecule has 0 aliphatic carbocycles. The van der Waals surface area contributed by atoms with E-state index in [4.69, 9.17) is 5.11 Å². The van der Waals surface area contributed by atoms with Crippen LogP contribution in [0.4, 0.5) is 4.79 Å². The van der Waals surface area contributed by atoms with Crippen LogP contribution in [0.15, 0.2) is 4.99 Å². The second kappa shape index (κ2) is 5.11. The Morgan fingerprint density at radius 1 is 1.58 bits per heavy atom. The largest absolute Gasteiger partial charge is 0.465 e. The van der Waals surface area contributed by atoms with Crippen LogP contribution in [0.1, 0.15) is 0 Å². The van der Waals surface area contributed by atoms with Crippen LogP contribution in [-0.2, 0) is 4.79 Å². The van der Waals surface area contributed by atoms with Crippen LogP contribution in [0.2, 0.25) is 0 Å². The van der Waals surface area contributed by atoms with Crippen LogP contribution in [-0.4, -0.2) is 49.0 Å². The van der Waals surface area contributed by atoms with Crippen LogP contribution in [0.25, 0.3) is 0 Å². The molecule has 0 aromatic carbocycles. The Bertz CT molecular complexity index is 200. The van der Waals surface area contributed by atoms with E-state index in [0.29, 0.717) is 0 Å². The predicted octanol–water partition coefficient (Wildman–Crippen LogP) is -0.629. The number of nitrogens with one attached hydrogen (secondary N) is 1. The van der Waals surface area contributed by atoms with Gasteiger partial charge in [0.25, 0.3) is 5.91 Å². The molecule has 68 valence electrons. The van der Waals surface area contributed by atoms with Crippen molar-refractivity contribution in [2.45, 2.75) is 0 Å². The number of carbonyl (C=O) groups excluding carboxylic acids is 1. The van der Waals surface area contributed by atoms with Crippen molar-refractivity contribution in [1.29, 1.82) is 0 Å². The van der Waals surface area contributed by atoms with Crippen molar-refractivity contribution in [2.24, 2.45) is 4.99 Å². The van der Waals surface area contributed by atoms with Gasteiger partial charge in [0.15, 0.2) is 0 Å². The lowest BCUT2D eigenvalue weighted by atomic mass is 10.6. The van der Waals surface area contributed by atoms with Gasteiger partial charge >= 0.3 is 6.09 Å². The molecule has 0 aliphatic heterocycles. The van der Waals surface area contributed by atoms with Crippen molar-refractivity contribution in [3.8, 4) is 0 Å². The van der Waals surface area contributed by atoms with Crippen LogP contribution in [0.3, 0.4) is 0 Å². The zero-order valence-corrected chi connectivity index (χ0v) is 6.94. The maximum absolute atomic E-state index is 10.7. The smallest absolute Gasteiger partial charge is 0.405 e. The lowest BCUT2D eigenvalue weighted by molar-refractivity contribution is -0.116. The monoisotopic (exact) mass is 173 g/mol. The van der Waals surface area contributed by atoms with Crippen molar-refractivity contribution in [3.05, 3.63) is 0 Å². The third kappa shape index (κ3) is 6.53. The highest BCUT2D eigenvalue weighted by molar-refractivity contribution is 5.87. The van der Waals surface area contributed by atoms with Crippen molar-refractivity contribution in [1.82, 2.24) is 10.2 Å². The standard InChI is InChI=1S/C6H11N3O3/c1-9(2)4-8-5(10)3-7-6(11)12/h4,7H,3H2,1-2H3,(H,11,12). The number of nitrogens with zero attached hydrogens (tertiary/aromatic N) is 2. The van der Waals surface area contributed by atoms with E-state index < -0.39 is 12.0 Å². The van der Waals surface area contributed by atoms with Crippen molar-refractivity contribution in [2.75, 3.05) is 20.6 Å². The van der Waals surface area contributed by atoms with E-state index in [2.05, 4.69) is 4.99 Å². The topological polar surface area (TPSA) is 82.0 Å². The molecule has 0 spiro atoms. The summed E-state index contributed by atoms with van der Waals surface area (Å²) >= 11 is 0. The van der Waals surface area contributed by atoms with Crippen molar-refractivity contribution < 1.29 is 14.7 Å². The lowest BCUT2D eigenvalue weighted by Gasteiger charge is -2.01. The van der Waals surface area contributed by atoms with E-state index in [1.165, 1.54) is 6.34 Å². The van der Waals surface area contributed by atoms with Crippen LogP contribution >= 0.6 is 0 Å². The molecule has 6 heteroatoms. The number of amides is 2. The van der Waals surface area contributed by atoms with Gasteiger partial charge in [0.05, 0.1) is 6.34 Å². The average molecular weight is 173 g/mol. The number of carboxylic acid groups (broad SMARTS) is 1. The summed E-state index contributed by atoms with van der Waals surface area (Å²) < 4.78 is 0. The number of hydrogen-bond acceptors (Lipinski definition) is 2. The molecular formula is C6H11N3O3. The van der Waals surface area contributed by atoms with Gasteiger partial charge in [0.2, 0.25) is 0 Å². The van der Waals surface area contributed by atoms with Crippen molar-refractivity contribution in [3.63, 3.8) is 0 Å². The van der Waals surface area contributed by atoms with Crippen LogP contribution < -0.4 is 5.32 Å². The number of aliphatic imine (C=N–C) groups is 1. The van der Waals surface area contributed by atoms with Gasteiger partial charge < -0.3 is 15.3 Å². The van der Waals surface area contributed by atoms with Gasteiger partial charge in [-0.05, 0) is 0 Å². The minimum atomic E-state index is -1.23. The summed E-state index contributed by atoms with van der Waals surface area (Å²) in [5.74, 6) is -0.522. The Morgan fingerprint density at radius 3 is 2.58 bits per heavy atom. The molecule has 0 aromatic heterocycles. The molecule has 2 amide bonds. The Morgan fingerprint density at radius 2 is 2.17 bits per heavy atom. The Labute approximate surface area is 69.9 Å². The molecule has 0 bridgehead atoms. The fourth-order valence-electron chi connectivity index (χ4n) is 0.377. The van der Waals surface area contributed by atoms with E-state index in [1.807, 2.05) is 5.32 Å². The zero-order chi connectivity index (χ0) is 9.56. The molecule has 0 aromatic rings. The Hall–Kier alpha value is -1.59. The van der Waals surface area contributed by atoms with E-state index in [9.17, 15) is 9.59 Å². The first kappa shape index (κ1) is 10.4. The normalized spacial score (nSPS) is 9.83. The molecule has 0 saturated heterocycles. The summed E-state index contributed by atoms with van der Waals surface area (Å²) in [6, 6.07) is 0. The first-order valence-corrected chi connectivity index (χ1v) is 3.22. The van der Waals surface area contributed by atoms with Crippen LogP contribution in [0.5, 0.6) is 0 Å². The molecule has 0 heterocycles. The summed E-state index contributed by atoms with van der Waals surface area (Å²) in [6.07, 6.45) is 0.0784. The Kier molecular flexibility index (Phi) is 4.43. The Balaban J connectivity index is 3.67. The van der Waals surface area contributed by atoms with Gasteiger partial charge in [0.1, 0.15) is 6.54 Å². The van der Waals surface area contributed by atoms with Gasteiger partial charge in [-0.25, -0.2) is 9.79 Å². The number of rotatable bonds is 3. The van der Waals surface area contributed by atoms with Crippen LogP contribution in [0, 0.1) is 0 Å². The molecule has 0 saturated carbocycles. The molecule has 2 N–H and O–H groups in total. The van der Waals surface area contributed by atoms with Gasteiger partial charge in [-0.3, -0.25) is 4.79 Å². The maximum atomic E-state index is 10.7. The summed E-state index contributed by atoms with van der Waals surface area (Å²) in [7, 11) is 3.42. The quantitative estimate of drug-likeness (QED) is 0.439. The molecule has 12 heavy (non-hydrogen) atoms. The summed E-state index contributed by atoms with van der Waals surface area (Å²) in [5.41, 5.74) is 0. The highest BCUT2D eigenvalue weighted by Crippen LogP contribution is 1.73. The first-order chi connectivity index (χ1) is 5.52. The molecule has 0 fully saturated rings. The zero-order valence-electron chi connectivity index (χ0n) is 6.94. The second-order valence-electron chi connectivity index (χ2n) is 2.26. The average Bonchev–Trinajstić information content (AvgIpc) is 1.96. The van der Waals surface area contributed by atoms with E-state index in [-0.39, 0.29) is 6.54 Å². The molecule has 0 atom stereocenters. The van der Waals surface area contributed by atoms with Gasteiger partial charge in [0, 0.05) is 14.1 Å². The molecule has 6 nitrogen and oxygen atoms in total. The molecule has 0 unspecified atom stereocenters. The first-order valence-electron chi connectivity index (χ1n) is 3.22. The van der Waals surface area contributed by atoms with E-state index in [0.717, 1.165) is 0 Å². The highest BCUT2D eigenvalue weighted by Gasteiger charge is 1.99. The predicted molar refractivity (Wildman–Crippen MR) is 43.2 cm³/mol. The third-order valence-electron chi connectivity index (χ3n) is 0.824. The van der Waals surface area contributed by atoms with Gasteiger partial charge in [-0.15, -0.1) is 0 Å². The summed E-state index contributed by atoms with van der Waals surface area (Å²) in [6.45, 7) is -0.292. The highest BCUT2D eigenvalue weighted by atomic mass is 16.4. The fourth-order valence-corrected chi connectivity index (χ4v) is 0.377. The number of hydrogen-bond donors (Lipinski definition) is 2. The van der Waals surface area contributed by atoms with E-state index in [1.54, 1.807) is 19.0 Å². The van der Waals surface area contributed by atoms with E-state index >= 15 is 0 Å². The summed E-state index contributed by atoms with van der Waals surface area (Å²) in [4.78, 5) is 25.6. The summed E-state index contributed by atoms with van der Waals surface area (Å²) in [5, 5.41) is 10.0.